The minimum absolute atomic E-state index is 0.0836. The van der Waals surface area contributed by atoms with Gasteiger partial charge in [-0.1, -0.05) is 296 Å². The third kappa shape index (κ3) is 64.5. The zero-order valence-corrected chi connectivity index (χ0v) is 51.6. The van der Waals surface area contributed by atoms with Crippen LogP contribution in [0.15, 0.2) is 122 Å². The maximum atomic E-state index is 12.8. The van der Waals surface area contributed by atoms with Crippen molar-refractivity contribution >= 4 is 17.9 Å². The molecule has 0 amide bonds. The number of unbranched alkanes of at least 4 members (excludes halogenated alkanes) is 28. The lowest BCUT2D eigenvalue weighted by atomic mass is 10.0. The minimum atomic E-state index is -0.784. The van der Waals surface area contributed by atoms with E-state index in [0.29, 0.717) is 19.3 Å². The van der Waals surface area contributed by atoms with Crippen LogP contribution in [0.4, 0.5) is 0 Å². The van der Waals surface area contributed by atoms with Gasteiger partial charge in [0, 0.05) is 19.3 Å². The highest BCUT2D eigenvalue weighted by Crippen LogP contribution is 2.17. The van der Waals surface area contributed by atoms with Gasteiger partial charge in [0.15, 0.2) is 6.10 Å². The van der Waals surface area contributed by atoms with E-state index < -0.39 is 6.10 Å². The third-order valence-electron chi connectivity index (χ3n) is 14.0. The van der Waals surface area contributed by atoms with E-state index in [-0.39, 0.29) is 31.1 Å². The number of esters is 3. The summed E-state index contributed by atoms with van der Waals surface area (Å²) in [7, 11) is 0. The van der Waals surface area contributed by atoms with Gasteiger partial charge >= 0.3 is 17.9 Å². The Labute approximate surface area is 488 Å². The van der Waals surface area contributed by atoms with Crippen LogP contribution in [0.25, 0.3) is 0 Å². The molecule has 0 saturated carbocycles. The van der Waals surface area contributed by atoms with Crippen LogP contribution >= 0.6 is 0 Å². The van der Waals surface area contributed by atoms with E-state index in [4.69, 9.17) is 14.2 Å². The molecule has 450 valence electrons. The molecule has 0 aromatic carbocycles. The molecule has 0 spiro atoms. The molecule has 0 radical (unpaired) electrons. The molecule has 0 rings (SSSR count). The van der Waals surface area contributed by atoms with Gasteiger partial charge in [-0.25, -0.2) is 0 Å². The fourth-order valence-electron chi connectivity index (χ4n) is 9.09. The number of hydrogen-bond acceptors (Lipinski definition) is 6. The number of rotatable bonds is 59. The standard InChI is InChI=1S/C73H122O6/c1-4-7-10-13-15-17-19-21-23-25-27-29-31-33-34-35-36-37-38-40-41-43-45-47-49-51-53-55-57-60-63-66-72(75)78-69-70(68-77-71(74)65-62-59-12-9-6-3)79-73(76)67-64-61-58-56-54-52-50-48-46-44-42-39-32-30-28-26-24-22-20-18-16-14-11-8-5-2/h7-8,10-11,15-18,21-24,27-30,39,42,46,48,70H,4-6,9,12-14,19-20,25-26,31-38,40-41,43-45,47,49-69H2,1-3H3/b10-7-,11-8-,17-15-,18-16-,23-21-,24-22-,29-27-,30-28-,42-39-,48-46-. The Bertz CT molecular complexity index is 1640. The molecule has 0 bridgehead atoms. The maximum absolute atomic E-state index is 12.8. The number of hydrogen-bond donors (Lipinski definition) is 0. The predicted octanol–water partition coefficient (Wildman–Crippen LogP) is 22.8. The first-order valence-electron chi connectivity index (χ1n) is 33.0. The Kier molecular flexibility index (Phi) is 62.8. The quantitative estimate of drug-likeness (QED) is 0.0261. The van der Waals surface area contributed by atoms with Crippen LogP contribution in [0.3, 0.4) is 0 Å². The molecule has 0 heterocycles. The molecule has 0 N–H and O–H groups in total. The zero-order chi connectivity index (χ0) is 57.1. The van der Waals surface area contributed by atoms with Crippen LogP contribution in [-0.2, 0) is 28.6 Å². The molecule has 0 aliphatic heterocycles. The lowest BCUT2D eigenvalue weighted by Gasteiger charge is -2.18. The van der Waals surface area contributed by atoms with Crippen LogP contribution in [0, 0.1) is 0 Å². The molecule has 0 aliphatic carbocycles. The second-order valence-corrected chi connectivity index (χ2v) is 21.6. The molecule has 79 heavy (non-hydrogen) atoms. The Morgan fingerprint density at radius 2 is 0.494 bits per heavy atom. The molecule has 6 heteroatoms. The van der Waals surface area contributed by atoms with Gasteiger partial charge in [0.2, 0.25) is 0 Å². The van der Waals surface area contributed by atoms with Crippen molar-refractivity contribution in [2.24, 2.45) is 0 Å². The lowest BCUT2D eigenvalue weighted by molar-refractivity contribution is -0.167. The summed E-state index contributed by atoms with van der Waals surface area (Å²) in [5.41, 5.74) is 0. The second kappa shape index (κ2) is 66.3. The van der Waals surface area contributed by atoms with E-state index in [9.17, 15) is 14.4 Å². The molecule has 1 atom stereocenters. The topological polar surface area (TPSA) is 78.9 Å². The van der Waals surface area contributed by atoms with Crippen molar-refractivity contribution < 1.29 is 28.6 Å². The molecular formula is C73H122O6. The fraction of sp³-hybridized carbons (Fsp3) is 0.685. The van der Waals surface area contributed by atoms with Crippen molar-refractivity contribution in [2.45, 2.75) is 309 Å². The summed E-state index contributed by atoms with van der Waals surface area (Å²) in [5, 5.41) is 0. The summed E-state index contributed by atoms with van der Waals surface area (Å²) >= 11 is 0. The first-order chi connectivity index (χ1) is 39.0. The van der Waals surface area contributed by atoms with Crippen molar-refractivity contribution in [3.05, 3.63) is 122 Å². The van der Waals surface area contributed by atoms with Crippen molar-refractivity contribution in [1.82, 2.24) is 0 Å². The smallest absolute Gasteiger partial charge is 0.306 e. The van der Waals surface area contributed by atoms with Crippen LogP contribution < -0.4 is 0 Å². The predicted molar refractivity (Wildman–Crippen MR) is 343 cm³/mol. The van der Waals surface area contributed by atoms with Crippen LogP contribution in [-0.4, -0.2) is 37.2 Å². The average Bonchev–Trinajstić information content (AvgIpc) is 3.45. The maximum Gasteiger partial charge on any atom is 0.306 e. The molecule has 1 unspecified atom stereocenters. The van der Waals surface area contributed by atoms with Crippen molar-refractivity contribution in [3.8, 4) is 0 Å². The van der Waals surface area contributed by atoms with Crippen LogP contribution in [0.5, 0.6) is 0 Å². The van der Waals surface area contributed by atoms with E-state index >= 15 is 0 Å². The summed E-state index contributed by atoms with van der Waals surface area (Å²) in [6.45, 7) is 6.33. The average molecular weight is 1100 g/mol. The molecule has 0 aliphatic rings. The second-order valence-electron chi connectivity index (χ2n) is 21.6. The Morgan fingerprint density at radius 3 is 0.772 bits per heavy atom. The van der Waals surface area contributed by atoms with Crippen molar-refractivity contribution in [1.29, 1.82) is 0 Å². The van der Waals surface area contributed by atoms with Gasteiger partial charge in [-0.15, -0.1) is 0 Å². The number of carbonyl (C=O) groups is 3. The van der Waals surface area contributed by atoms with Gasteiger partial charge in [-0.05, 0) is 109 Å². The molecule has 0 saturated heterocycles. The first-order valence-corrected chi connectivity index (χ1v) is 33.0. The highest BCUT2D eigenvalue weighted by molar-refractivity contribution is 5.71. The lowest BCUT2D eigenvalue weighted by Crippen LogP contribution is -2.30. The van der Waals surface area contributed by atoms with Crippen LogP contribution in [0.1, 0.15) is 303 Å². The van der Waals surface area contributed by atoms with Gasteiger partial charge in [0.05, 0.1) is 0 Å². The van der Waals surface area contributed by atoms with E-state index in [0.717, 1.165) is 141 Å². The Morgan fingerprint density at radius 1 is 0.266 bits per heavy atom. The summed E-state index contributed by atoms with van der Waals surface area (Å²) < 4.78 is 16.8. The van der Waals surface area contributed by atoms with Gasteiger partial charge < -0.3 is 14.2 Å². The molecule has 0 fully saturated rings. The summed E-state index contributed by atoms with van der Waals surface area (Å²) in [4.78, 5) is 38.0. The van der Waals surface area contributed by atoms with E-state index in [1.807, 2.05) is 0 Å². The van der Waals surface area contributed by atoms with E-state index in [2.05, 4.69) is 142 Å². The molecule has 0 aromatic rings. The monoisotopic (exact) mass is 1090 g/mol. The molecule has 6 nitrogen and oxygen atoms in total. The van der Waals surface area contributed by atoms with Gasteiger partial charge in [0.1, 0.15) is 13.2 Å². The number of allylic oxidation sites excluding steroid dienone is 20. The highest BCUT2D eigenvalue weighted by Gasteiger charge is 2.19. The Hall–Kier alpha value is -4.19. The molecular weight excluding hydrogens is 973 g/mol. The van der Waals surface area contributed by atoms with Crippen molar-refractivity contribution in [3.63, 3.8) is 0 Å². The van der Waals surface area contributed by atoms with Gasteiger partial charge in [-0.2, -0.15) is 0 Å². The summed E-state index contributed by atoms with van der Waals surface area (Å²) in [5.74, 6) is -0.906. The SMILES string of the molecule is CC/C=C\C/C=C\C/C=C\C/C=C\C/C=C\C/C=C\CCCCCCCCC(=O)OC(COC(=O)CCCCCCC)COC(=O)CCCCCCCCCCCCCCCCCCCC/C=C\C/C=C\C/C=C\C/C=C\CC. The normalized spacial score (nSPS) is 12.9. The van der Waals surface area contributed by atoms with E-state index in [1.165, 1.54) is 122 Å². The van der Waals surface area contributed by atoms with Crippen LogP contribution in [0.2, 0.25) is 0 Å². The molecule has 0 aromatic heterocycles. The number of ether oxygens (including phenoxy) is 3. The first kappa shape index (κ1) is 74.8. The van der Waals surface area contributed by atoms with Crippen molar-refractivity contribution in [2.75, 3.05) is 13.2 Å². The van der Waals surface area contributed by atoms with Gasteiger partial charge in [0.25, 0.3) is 0 Å². The largest absolute Gasteiger partial charge is 0.462 e. The fourth-order valence-corrected chi connectivity index (χ4v) is 9.09. The Balaban J connectivity index is 4.03. The van der Waals surface area contributed by atoms with E-state index in [1.54, 1.807) is 0 Å². The zero-order valence-electron chi connectivity index (χ0n) is 51.6. The third-order valence-corrected chi connectivity index (χ3v) is 14.0. The minimum Gasteiger partial charge on any atom is -0.462 e. The summed E-state index contributed by atoms with van der Waals surface area (Å²) in [6, 6.07) is 0. The van der Waals surface area contributed by atoms with Gasteiger partial charge in [-0.3, -0.25) is 14.4 Å². The number of carbonyl (C=O) groups excluding carboxylic acids is 3. The summed E-state index contributed by atoms with van der Waals surface area (Å²) in [6.07, 6.45) is 92.7. The highest BCUT2D eigenvalue weighted by atomic mass is 16.6.